The molecule has 0 spiro atoms. The molecule has 2 aromatic carbocycles. The molecule has 1 amide bonds. The number of likely N-dealkylation sites (N-methyl/N-ethyl adjacent to an activating group) is 1. The van der Waals surface area contributed by atoms with Gasteiger partial charge in [0.15, 0.2) is 6.61 Å². The first-order valence-corrected chi connectivity index (χ1v) is 9.05. The molecule has 0 bridgehead atoms. The Labute approximate surface area is 164 Å². The number of nitrogens with zero attached hydrogens (tertiary/aromatic N) is 4. The van der Waals surface area contributed by atoms with Crippen LogP contribution >= 0.6 is 0 Å². The summed E-state index contributed by atoms with van der Waals surface area (Å²) in [6.07, 6.45) is 4.31. The topological polar surface area (TPSA) is 71.2 Å². The Morgan fingerprint density at radius 3 is 2.64 bits per heavy atom. The Morgan fingerprint density at radius 1 is 1.18 bits per heavy atom. The van der Waals surface area contributed by atoms with Crippen molar-refractivity contribution in [2.75, 3.05) is 20.2 Å². The van der Waals surface area contributed by atoms with Crippen molar-refractivity contribution in [3.05, 3.63) is 83.9 Å². The Morgan fingerprint density at radius 2 is 1.93 bits per heavy atom. The average molecular weight is 374 g/mol. The molecule has 0 fully saturated rings. The Bertz CT molecular complexity index is 943. The maximum atomic E-state index is 12.3. The lowest BCUT2D eigenvalue weighted by atomic mass is 10.1. The summed E-state index contributed by atoms with van der Waals surface area (Å²) >= 11 is 0. The first-order chi connectivity index (χ1) is 13.7. The monoisotopic (exact) mass is 374 g/mol. The predicted octanol–water partition coefficient (Wildman–Crippen LogP) is 2.88. The first kappa shape index (κ1) is 19.2. The number of para-hydroxylation sites is 1. The van der Waals surface area contributed by atoms with E-state index in [-0.39, 0.29) is 12.5 Å². The maximum absolute atomic E-state index is 12.3. The van der Waals surface area contributed by atoms with Crippen LogP contribution in [0.25, 0.3) is 0 Å². The van der Waals surface area contributed by atoms with E-state index in [1.54, 1.807) is 18.3 Å². The molecule has 6 heteroatoms. The third kappa shape index (κ3) is 5.21. The quantitative estimate of drug-likeness (QED) is 0.608. The van der Waals surface area contributed by atoms with E-state index in [2.05, 4.69) is 15.6 Å². The molecule has 0 unspecified atom stereocenters. The van der Waals surface area contributed by atoms with Crippen molar-refractivity contribution in [3.63, 3.8) is 0 Å². The fourth-order valence-corrected chi connectivity index (χ4v) is 2.76. The molecular weight excluding hydrogens is 352 g/mol. The smallest absolute Gasteiger partial charge is 0.260 e. The number of hydrogen-bond acceptors (Lipinski definition) is 4. The Kier molecular flexibility index (Phi) is 6.42. The number of rotatable bonds is 8. The number of carbonyl (C=O) groups is 1. The van der Waals surface area contributed by atoms with Crippen LogP contribution in [0.15, 0.2) is 67.1 Å². The zero-order valence-electron chi connectivity index (χ0n) is 15.8. The highest BCUT2D eigenvalue weighted by molar-refractivity contribution is 5.77. The van der Waals surface area contributed by atoms with E-state index in [4.69, 9.17) is 10.00 Å². The minimum atomic E-state index is -0.0676. The van der Waals surface area contributed by atoms with E-state index in [9.17, 15) is 4.79 Å². The number of ether oxygens (including phenoxy) is 1. The summed E-state index contributed by atoms with van der Waals surface area (Å²) in [6.45, 7) is 1.27. The second kappa shape index (κ2) is 9.38. The molecule has 0 saturated carbocycles. The zero-order chi connectivity index (χ0) is 19.8. The maximum Gasteiger partial charge on any atom is 0.260 e. The summed E-state index contributed by atoms with van der Waals surface area (Å²) in [7, 11) is 1.78. The van der Waals surface area contributed by atoms with Crippen molar-refractivity contribution in [2.24, 2.45) is 0 Å². The highest BCUT2D eigenvalue weighted by atomic mass is 16.5. The highest BCUT2D eigenvalue weighted by Crippen LogP contribution is 2.10. The van der Waals surface area contributed by atoms with Gasteiger partial charge >= 0.3 is 0 Å². The van der Waals surface area contributed by atoms with E-state index < -0.39 is 0 Å². The van der Waals surface area contributed by atoms with Crippen LogP contribution in [0, 0.1) is 11.3 Å². The third-order valence-electron chi connectivity index (χ3n) is 4.47. The van der Waals surface area contributed by atoms with Gasteiger partial charge in [-0.2, -0.15) is 5.26 Å². The summed E-state index contributed by atoms with van der Waals surface area (Å²) in [4.78, 5) is 18.2. The molecule has 1 heterocycles. The van der Waals surface area contributed by atoms with Crippen LogP contribution in [0.1, 0.15) is 16.8 Å². The Balaban J connectivity index is 1.51. The van der Waals surface area contributed by atoms with Crippen LogP contribution in [0.3, 0.4) is 0 Å². The molecular formula is C22H22N4O2. The normalized spacial score (nSPS) is 10.3. The van der Waals surface area contributed by atoms with Crippen LogP contribution in [-0.4, -0.2) is 40.6 Å². The molecule has 3 aromatic rings. The molecule has 0 aliphatic rings. The van der Waals surface area contributed by atoms with Gasteiger partial charge < -0.3 is 14.2 Å². The zero-order valence-corrected chi connectivity index (χ0v) is 15.8. The minimum absolute atomic E-state index is 0.0189. The fourth-order valence-electron chi connectivity index (χ4n) is 2.76. The summed E-state index contributed by atoms with van der Waals surface area (Å²) in [5, 5.41) is 8.89. The second-order valence-electron chi connectivity index (χ2n) is 6.49. The molecule has 0 radical (unpaired) electrons. The number of amides is 1. The van der Waals surface area contributed by atoms with Gasteiger partial charge in [0.25, 0.3) is 5.91 Å². The first-order valence-electron chi connectivity index (χ1n) is 9.05. The van der Waals surface area contributed by atoms with Gasteiger partial charge in [-0.05, 0) is 29.8 Å². The van der Waals surface area contributed by atoms with Crippen molar-refractivity contribution < 1.29 is 9.53 Å². The van der Waals surface area contributed by atoms with Crippen LogP contribution in [0.4, 0.5) is 0 Å². The van der Waals surface area contributed by atoms with Crippen LogP contribution < -0.4 is 4.74 Å². The van der Waals surface area contributed by atoms with Gasteiger partial charge in [-0.1, -0.05) is 30.3 Å². The number of nitriles is 1. The van der Waals surface area contributed by atoms with E-state index in [1.165, 1.54) is 0 Å². The van der Waals surface area contributed by atoms with E-state index >= 15 is 0 Å². The minimum Gasteiger partial charge on any atom is -0.484 e. The number of imidazole rings is 1. The third-order valence-corrected chi connectivity index (χ3v) is 4.47. The molecule has 0 aliphatic heterocycles. The van der Waals surface area contributed by atoms with Crippen molar-refractivity contribution >= 4 is 5.91 Å². The van der Waals surface area contributed by atoms with Gasteiger partial charge in [0.2, 0.25) is 0 Å². The molecule has 0 N–H and O–H groups in total. The van der Waals surface area contributed by atoms with E-state index in [0.717, 1.165) is 11.3 Å². The van der Waals surface area contributed by atoms with Gasteiger partial charge in [-0.15, -0.1) is 0 Å². The number of aromatic nitrogens is 2. The van der Waals surface area contributed by atoms with Gasteiger partial charge in [-0.3, -0.25) is 4.79 Å². The average Bonchev–Trinajstić information content (AvgIpc) is 3.18. The lowest BCUT2D eigenvalue weighted by Crippen LogP contribution is -2.33. The Hall–Kier alpha value is -3.59. The predicted molar refractivity (Wildman–Crippen MR) is 106 cm³/mol. The molecule has 0 saturated heterocycles. The standard InChI is InChI=1S/C22H22N4O2/c1-25(22(27)16-28-21-5-3-2-4-6-21)12-11-20-14-24-17-26(20)15-19-9-7-18(13-23)8-10-19/h2-10,14,17H,11-12,15-16H2,1H3. The van der Waals surface area contributed by atoms with Crippen molar-refractivity contribution in [1.82, 2.24) is 14.5 Å². The van der Waals surface area contributed by atoms with Crippen molar-refractivity contribution in [3.8, 4) is 11.8 Å². The SMILES string of the molecule is CN(CCc1cncn1Cc1ccc(C#N)cc1)C(=O)COc1ccccc1. The molecule has 28 heavy (non-hydrogen) atoms. The second-order valence-corrected chi connectivity index (χ2v) is 6.49. The lowest BCUT2D eigenvalue weighted by Gasteiger charge is -2.18. The van der Waals surface area contributed by atoms with E-state index in [0.29, 0.717) is 30.8 Å². The molecule has 142 valence electrons. The molecule has 0 aliphatic carbocycles. The summed E-state index contributed by atoms with van der Waals surface area (Å²) in [6, 6.07) is 18.9. The van der Waals surface area contributed by atoms with Crippen LogP contribution in [-0.2, 0) is 17.8 Å². The molecule has 3 rings (SSSR count). The lowest BCUT2D eigenvalue weighted by molar-refractivity contribution is -0.132. The summed E-state index contributed by atoms with van der Waals surface area (Å²) in [5.74, 6) is 0.617. The van der Waals surface area contributed by atoms with Gasteiger partial charge in [0.1, 0.15) is 5.75 Å². The number of benzene rings is 2. The number of hydrogen-bond donors (Lipinski definition) is 0. The van der Waals surface area contributed by atoms with Crippen molar-refractivity contribution in [2.45, 2.75) is 13.0 Å². The fraction of sp³-hybridized carbons (Fsp3) is 0.227. The van der Waals surface area contributed by atoms with Gasteiger partial charge in [0.05, 0.1) is 18.0 Å². The van der Waals surface area contributed by atoms with E-state index in [1.807, 2.05) is 60.8 Å². The highest BCUT2D eigenvalue weighted by Gasteiger charge is 2.11. The van der Waals surface area contributed by atoms with Crippen molar-refractivity contribution in [1.29, 1.82) is 5.26 Å². The largest absolute Gasteiger partial charge is 0.484 e. The molecule has 0 atom stereocenters. The molecule has 1 aromatic heterocycles. The van der Waals surface area contributed by atoms with Gasteiger partial charge in [-0.25, -0.2) is 4.98 Å². The van der Waals surface area contributed by atoms with Gasteiger partial charge in [0, 0.05) is 38.4 Å². The summed E-state index contributed by atoms with van der Waals surface area (Å²) in [5.41, 5.74) is 2.79. The number of carbonyl (C=O) groups excluding carboxylic acids is 1. The van der Waals surface area contributed by atoms with Crippen LogP contribution in [0.5, 0.6) is 5.75 Å². The van der Waals surface area contributed by atoms with Crippen LogP contribution in [0.2, 0.25) is 0 Å². The summed E-state index contributed by atoms with van der Waals surface area (Å²) < 4.78 is 7.57. The molecule has 6 nitrogen and oxygen atoms in total.